The molecule has 0 aromatic rings. The van der Waals surface area contributed by atoms with E-state index < -0.39 is 0 Å². The predicted octanol–water partition coefficient (Wildman–Crippen LogP) is 2.67. The molecule has 3 heteroatoms. The highest BCUT2D eigenvalue weighted by Gasteiger charge is 2.61. The lowest BCUT2D eigenvalue weighted by atomic mass is 9.44. The van der Waals surface area contributed by atoms with Gasteiger partial charge in [-0.3, -0.25) is 4.79 Å². The first-order chi connectivity index (χ1) is 10.4. The van der Waals surface area contributed by atoms with Crippen molar-refractivity contribution in [2.24, 2.45) is 40.2 Å². The number of fused-ring (bicyclic) bond motifs is 5. The Bertz CT molecular complexity index is 530. The highest BCUT2D eigenvalue weighted by Crippen LogP contribution is 2.64. The predicted molar refractivity (Wildman–Crippen MR) is 86.0 cm³/mol. The van der Waals surface area contributed by atoms with Gasteiger partial charge in [-0.05, 0) is 60.2 Å². The average molecular weight is 303 g/mol. The quantitative estimate of drug-likeness (QED) is 0.676. The zero-order valence-electron chi connectivity index (χ0n) is 13.8. The third-order valence-corrected chi connectivity index (χ3v) is 8.09. The highest BCUT2D eigenvalue weighted by molar-refractivity contribution is 5.79. The van der Waals surface area contributed by atoms with Crippen LogP contribution < -0.4 is 5.73 Å². The molecule has 8 atom stereocenters. The van der Waals surface area contributed by atoms with Gasteiger partial charge in [0.25, 0.3) is 0 Å². The Labute approximate surface area is 133 Å². The molecule has 3 saturated carbocycles. The summed E-state index contributed by atoms with van der Waals surface area (Å²) in [5.74, 6) is 2.07. The molecule has 4 aliphatic rings. The van der Waals surface area contributed by atoms with Crippen LogP contribution in [0.2, 0.25) is 0 Å². The van der Waals surface area contributed by atoms with Crippen LogP contribution in [-0.2, 0) is 4.79 Å². The molecule has 0 amide bonds. The Kier molecular flexibility index (Phi) is 3.16. The van der Waals surface area contributed by atoms with E-state index in [0.717, 1.165) is 32.1 Å². The Hall–Kier alpha value is -0.670. The number of carbonyl (C=O) groups excluding carboxylic acids is 1. The molecule has 0 aliphatic heterocycles. The number of aliphatic hydroxyl groups is 1. The molecule has 3 unspecified atom stereocenters. The Balaban J connectivity index is 1.70. The smallest absolute Gasteiger partial charge is 0.133 e. The summed E-state index contributed by atoms with van der Waals surface area (Å²) in [7, 11) is 0. The zero-order valence-corrected chi connectivity index (χ0v) is 13.8. The monoisotopic (exact) mass is 303 g/mol. The van der Waals surface area contributed by atoms with Crippen molar-refractivity contribution in [3.63, 3.8) is 0 Å². The van der Waals surface area contributed by atoms with Crippen LogP contribution in [-0.4, -0.2) is 23.0 Å². The van der Waals surface area contributed by atoms with Gasteiger partial charge < -0.3 is 10.8 Å². The van der Waals surface area contributed by atoms with Crippen molar-refractivity contribution in [1.29, 1.82) is 0 Å². The normalized spacial score (nSPS) is 57.2. The van der Waals surface area contributed by atoms with E-state index in [9.17, 15) is 9.90 Å². The highest BCUT2D eigenvalue weighted by atomic mass is 16.3. The van der Waals surface area contributed by atoms with E-state index in [1.807, 2.05) is 0 Å². The van der Waals surface area contributed by atoms with E-state index >= 15 is 0 Å². The summed E-state index contributed by atoms with van der Waals surface area (Å²) in [6.45, 7) is 4.71. The molecule has 3 N–H and O–H groups in total. The van der Waals surface area contributed by atoms with Gasteiger partial charge >= 0.3 is 0 Å². The second-order valence-electron chi connectivity index (χ2n) is 8.91. The van der Waals surface area contributed by atoms with E-state index in [-0.39, 0.29) is 23.0 Å². The maximum absolute atomic E-state index is 11.9. The Morgan fingerprint density at radius 3 is 2.77 bits per heavy atom. The minimum absolute atomic E-state index is 0.121. The maximum atomic E-state index is 11.9. The zero-order chi connectivity index (χ0) is 15.7. The van der Waals surface area contributed by atoms with Crippen LogP contribution in [0.15, 0.2) is 12.2 Å². The van der Waals surface area contributed by atoms with Gasteiger partial charge in [-0.25, -0.2) is 0 Å². The molecule has 0 spiro atoms. The minimum atomic E-state index is -0.270. The van der Waals surface area contributed by atoms with E-state index in [2.05, 4.69) is 26.0 Å². The molecule has 22 heavy (non-hydrogen) atoms. The number of rotatable bonds is 0. The van der Waals surface area contributed by atoms with Gasteiger partial charge in [-0.1, -0.05) is 26.0 Å². The summed E-state index contributed by atoms with van der Waals surface area (Å²) in [4.78, 5) is 11.9. The molecule has 0 bridgehead atoms. The summed E-state index contributed by atoms with van der Waals surface area (Å²) in [6.07, 6.45) is 9.75. The first kappa shape index (κ1) is 14.9. The van der Waals surface area contributed by atoms with Gasteiger partial charge in [0.05, 0.1) is 6.10 Å². The van der Waals surface area contributed by atoms with Crippen molar-refractivity contribution in [3.8, 4) is 0 Å². The topological polar surface area (TPSA) is 63.3 Å². The van der Waals surface area contributed by atoms with Crippen LogP contribution >= 0.6 is 0 Å². The van der Waals surface area contributed by atoms with Crippen molar-refractivity contribution in [2.45, 2.75) is 64.5 Å². The Morgan fingerprint density at radius 2 is 2.00 bits per heavy atom. The molecule has 0 saturated heterocycles. The molecule has 3 nitrogen and oxygen atoms in total. The van der Waals surface area contributed by atoms with Crippen LogP contribution in [0, 0.1) is 34.5 Å². The van der Waals surface area contributed by atoms with E-state index in [0.29, 0.717) is 35.9 Å². The fourth-order valence-electron chi connectivity index (χ4n) is 6.50. The third kappa shape index (κ3) is 1.78. The molecule has 0 heterocycles. The number of hydrogen-bond donors (Lipinski definition) is 2. The lowest BCUT2D eigenvalue weighted by Gasteiger charge is -2.61. The largest absolute Gasteiger partial charge is 0.393 e. The molecule has 0 aromatic carbocycles. The van der Waals surface area contributed by atoms with Crippen molar-refractivity contribution in [3.05, 3.63) is 12.2 Å². The second kappa shape index (κ2) is 4.67. The van der Waals surface area contributed by atoms with Crippen LogP contribution in [0.25, 0.3) is 0 Å². The number of aliphatic hydroxyl groups excluding tert-OH is 1. The van der Waals surface area contributed by atoms with Crippen LogP contribution in [0.5, 0.6) is 0 Å². The fraction of sp³-hybridized carbons (Fsp3) is 0.842. The van der Waals surface area contributed by atoms with E-state index in [4.69, 9.17) is 5.73 Å². The van der Waals surface area contributed by atoms with Gasteiger partial charge in [0.2, 0.25) is 0 Å². The standard InChI is InChI=1S/C19H29NO2/c1-18-7-5-12(21)9-11(18)10-15(22)17-13-3-4-16(20)19(13,2)8-6-14(17)18/h3-4,11,13-17,22H,5-10,20H2,1-2H3/t11?,13-,14+,15?,16?,17-,18-,19-/m0/s1. The van der Waals surface area contributed by atoms with Crippen LogP contribution in [0.1, 0.15) is 52.4 Å². The Morgan fingerprint density at radius 1 is 1.23 bits per heavy atom. The molecular formula is C19H29NO2. The maximum Gasteiger partial charge on any atom is 0.133 e. The fourth-order valence-corrected chi connectivity index (χ4v) is 6.50. The number of hydrogen-bond acceptors (Lipinski definition) is 3. The number of carbonyl (C=O) groups is 1. The van der Waals surface area contributed by atoms with Crippen molar-refractivity contribution in [2.75, 3.05) is 0 Å². The van der Waals surface area contributed by atoms with Crippen molar-refractivity contribution >= 4 is 5.78 Å². The SMILES string of the molecule is C[C@]12CCC(=O)CC1CC(O)[C@@H]1[C@H]2CC[C@]2(C)C(N)C=C[C@@H]12. The summed E-state index contributed by atoms with van der Waals surface area (Å²) < 4.78 is 0. The summed E-state index contributed by atoms with van der Waals surface area (Å²) in [6, 6.07) is 0.129. The van der Waals surface area contributed by atoms with Gasteiger partial charge in [0, 0.05) is 18.9 Å². The summed E-state index contributed by atoms with van der Waals surface area (Å²) in [5.41, 5.74) is 6.72. The van der Waals surface area contributed by atoms with Gasteiger partial charge in [0.1, 0.15) is 5.78 Å². The third-order valence-electron chi connectivity index (χ3n) is 8.09. The molecule has 0 radical (unpaired) electrons. The summed E-state index contributed by atoms with van der Waals surface area (Å²) >= 11 is 0. The average Bonchev–Trinajstić information content (AvgIpc) is 2.77. The lowest BCUT2D eigenvalue weighted by Crippen LogP contribution is -2.59. The number of Topliss-reactive ketones (excluding diaryl/α,β-unsaturated/α-hetero) is 1. The van der Waals surface area contributed by atoms with Crippen LogP contribution in [0.4, 0.5) is 0 Å². The molecule has 4 rings (SSSR count). The number of ketones is 1. The number of nitrogens with two attached hydrogens (primary N) is 1. The summed E-state index contributed by atoms with van der Waals surface area (Å²) in [5, 5.41) is 10.9. The number of allylic oxidation sites excluding steroid dienone is 1. The van der Waals surface area contributed by atoms with Crippen molar-refractivity contribution in [1.82, 2.24) is 0 Å². The molecular weight excluding hydrogens is 274 g/mol. The minimum Gasteiger partial charge on any atom is -0.393 e. The van der Waals surface area contributed by atoms with Gasteiger partial charge in [-0.15, -0.1) is 0 Å². The van der Waals surface area contributed by atoms with Gasteiger partial charge in [0.15, 0.2) is 0 Å². The first-order valence-electron chi connectivity index (χ1n) is 9.00. The molecule has 0 aromatic heterocycles. The van der Waals surface area contributed by atoms with E-state index in [1.54, 1.807) is 0 Å². The van der Waals surface area contributed by atoms with Crippen molar-refractivity contribution < 1.29 is 9.90 Å². The van der Waals surface area contributed by atoms with Gasteiger partial charge in [-0.2, -0.15) is 0 Å². The molecule has 3 fully saturated rings. The second-order valence-corrected chi connectivity index (χ2v) is 8.91. The lowest BCUT2D eigenvalue weighted by molar-refractivity contribution is -0.160. The molecule has 122 valence electrons. The van der Waals surface area contributed by atoms with E-state index in [1.165, 1.54) is 0 Å². The first-order valence-corrected chi connectivity index (χ1v) is 9.00. The van der Waals surface area contributed by atoms with Crippen LogP contribution in [0.3, 0.4) is 0 Å². The molecule has 4 aliphatic carbocycles.